The molecule has 0 bridgehead atoms. The highest BCUT2D eigenvalue weighted by Gasteiger charge is 2.38. The lowest BCUT2D eigenvalue weighted by Crippen LogP contribution is -2.50. The van der Waals surface area contributed by atoms with Gasteiger partial charge < -0.3 is 16.3 Å². The summed E-state index contributed by atoms with van der Waals surface area (Å²) < 4.78 is 0. The van der Waals surface area contributed by atoms with Crippen molar-refractivity contribution in [3.05, 3.63) is 0 Å². The lowest BCUT2D eigenvalue weighted by atomic mass is 9.89. The number of nitrogens with zero attached hydrogens (tertiary/aromatic N) is 1. The van der Waals surface area contributed by atoms with Gasteiger partial charge in [0.2, 0.25) is 5.91 Å². The summed E-state index contributed by atoms with van der Waals surface area (Å²) in [5, 5.41) is 14.7. The topological polar surface area (TPSA) is 87.7 Å². The summed E-state index contributed by atoms with van der Waals surface area (Å²) in [5.41, 5.74) is 4.58. The van der Waals surface area contributed by atoms with Gasteiger partial charge in [-0.15, -0.1) is 0 Å². The molecule has 1 aliphatic rings. The van der Waals surface area contributed by atoms with Crippen LogP contribution >= 0.6 is 0 Å². The fourth-order valence-corrected chi connectivity index (χ4v) is 2.62. The van der Waals surface area contributed by atoms with Crippen molar-refractivity contribution in [1.82, 2.24) is 5.32 Å². The van der Waals surface area contributed by atoms with E-state index in [1.807, 2.05) is 0 Å². The molecule has 1 saturated carbocycles. The fourth-order valence-electron chi connectivity index (χ4n) is 2.62. The van der Waals surface area contributed by atoms with Crippen LogP contribution in [0.5, 0.6) is 0 Å². The van der Waals surface area contributed by atoms with E-state index in [0.29, 0.717) is 11.8 Å². The predicted molar refractivity (Wildman–Crippen MR) is 71.3 cm³/mol. The minimum Gasteiger partial charge on any atom is -0.409 e. The number of carbonyl (C=O) groups is 1. The SMILES string of the molecule is CCC1CCC(NC(=O)C(C)(C)C(N)=NO)C1C. The molecule has 0 aliphatic heterocycles. The van der Waals surface area contributed by atoms with Gasteiger partial charge in [0.25, 0.3) is 0 Å². The molecule has 1 aliphatic carbocycles. The molecule has 1 fully saturated rings. The number of hydrogen-bond donors (Lipinski definition) is 3. The molecule has 1 amide bonds. The molecule has 3 atom stereocenters. The van der Waals surface area contributed by atoms with Crippen LogP contribution in [0.15, 0.2) is 5.16 Å². The van der Waals surface area contributed by atoms with Gasteiger partial charge in [0.1, 0.15) is 5.41 Å². The zero-order valence-corrected chi connectivity index (χ0v) is 11.7. The molecule has 0 aromatic carbocycles. The van der Waals surface area contributed by atoms with E-state index >= 15 is 0 Å². The van der Waals surface area contributed by atoms with E-state index in [1.54, 1.807) is 13.8 Å². The number of amides is 1. The average Bonchev–Trinajstić information content (AvgIpc) is 2.69. The third-order valence-corrected chi connectivity index (χ3v) is 4.38. The van der Waals surface area contributed by atoms with Crippen molar-refractivity contribution in [1.29, 1.82) is 0 Å². The number of amidine groups is 1. The van der Waals surface area contributed by atoms with Crippen molar-refractivity contribution in [3.63, 3.8) is 0 Å². The summed E-state index contributed by atoms with van der Waals surface area (Å²) in [7, 11) is 0. The Bertz CT molecular complexity index is 339. The number of hydrogen-bond acceptors (Lipinski definition) is 3. The highest BCUT2D eigenvalue weighted by atomic mass is 16.4. The Hall–Kier alpha value is -1.26. The van der Waals surface area contributed by atoms with Crippen LogP contribution in [0, 0.1) is 17.3 Å². The Morgan fingerprint density at radius 3 is 2.56 bits per heavy atom. The number of carbonyl (C=O) groups excluding carboxylic acids is 1. The Labute approximate surface area is 109 Å². The van der Waals surface area contributed by atoms with Gasteiger partial charge in [-0.3, -0.25) is 4.79 Å². The van der Waals surface area contributed by atoms with Gasteiger partial charge in [-0.2, -0.15) is 0 Å². The summed E-state index contributed by atoms with van der Waals surface area (Å²) in [6, 6.07) is 0.202. The maximum Gasteiger partial charge on any atom is 0.233 e. The molecular formula is C13H25N3O2. The Kier molecular flexibility index (Phi) is 4.59. The lowest BCUT2D eigenvalue weighted by Gasteiger charge is -2.27. The standard InChI is InChI=1S/C13H25N3O2/c1-5-9-6-7-10(8(9)2)15-12(17)13(3,4)11(14)16-18/h8-10,18H,5-7H2,1-4H3,(H2,14,16)(H,15,17). The van der Waals surface area contributed by atoms with Crippen molar-refractivity contribution in [2.24, 2.45) is 28.1 Å². The van der Waals surface area contributed by atoms with Gasteiger partial charge in [0.05, 0.1) is 0 Å². The molecule has 104 valence electrons. The first-order valence-electron chi connectivity index (χ1n) is 6.63. The zero-order valence-electron chi connectivity index (χ0n) is 11.7. The molecular weight excluding hydrogens is 230 g/mol. The number of nitrogens with two attached hydrogens (primary N) is 1. The average molecular weight is 255 g/mol. The second-order valence-corrected chi connectivity index (χ2v) is 5.79. The first-order chi connectivity index (χ1) is 8.34. The smallest absolute Gasteiger partial charge is 0.233 e. The van der Waals surface area contributed by atoms with Crippen LogP contribution in [0.4, 0.5) is 0 Å². The summed E-state index contributed by atoms with van der Waals surface area (Å²) in [5.74, 6) is 0.938. The van der Waals surface area contributed by atoms with Gasteiger partial charge in [-0.1, -0.05) is 25.4 Å². The van der Waals surface area contributed by atoms with Crippen LogP contribution in [-0.4, -0.2) is 23.0 Å². The molecule has 4 N–H and O–H groups in total. The third-order valence-electron chi connectivity index (χ3n) is 4.38. The van der Waals surface area contributed by atoms with Crippen LogP contribution in [0.3, 0.4) is 0 Å². The molecule has 0 aromatic rings. The molecule has 0 saturated heterocycles. The first-order valence-corrected chi connectivity index (χ1v) is 6.63. The normalized spacial score (nSPS) is 29.3. The monoisotopic (exact) mass is 255 g/mol. The number of nitrogens with one attached hydrogen (secondary N) is 1. The van der Waals surface area contributed by atoms with Crippen LogP contribution in [-0.2, 0) is 4.79 Å². The molecule has 5 heteroatoms. The Balaban J connectivity index is 2.66. The van der Waals surface area contributed by atoms with E-state index in [9.17, 15) is 4.79 Å². The van der Waals surface area contributed by atoms with Crippen LogP contribution in [0.1, 0.15) is 47.0 Å². The predicted octanol–water partition coefficient (Wildman–Crippen LogP) is 1.70. The molecule has 0 spiro atoms. The summed E-state index contributed by atoms with van der Waals surface area (Å²) in [6.07, 6.45) is 3.32. The fraction of sp³-hybridized carbons (Fsp3) is 0.846. The second kappa shape index (κ2) is 5.59. The van der Waals surface area contributed by atoms with Gasteiger partial charge >= 0.3 is 0 Å². The number of oxime groups is 1. The second-order valence-electron chi connectivity index (χ2n) is 5.79. The van der Waals surface area contributed by atoms with E-state index in [-0.39, 0.29) is 17.8 Å². The van der Waals surface area contributed by atoms with Gasteiger partial charge in [0.15, 0.2) is 5.84 Å². The molecule has 1 rings (SSSR count). The maximum atomic E-state index is 12.2. The molecule has 3 unspecified atom stereocenters. The van der Waals surface area contributed by atoms with Crippen molar-refractivity contribution in [3.8, 4) is 0 Å². The highest BCUT2D eigenvalue weighted by molar-refractivity contribution is 6.05. The van der Waals surface area contributed by atoms with E-state index in [0.717, 1.165) is 19.3 Å². The minimum absolute atomic E-state index is 0.0577. The minimum atomic E-state index is -0.973. The first kappa shape index (κ1) is 14.8. The van der Waals surface area contributed by atoms with E-state index in [2.05, 4.69) is 24.3 Å². The van der Waals surface area contributed by atoms with Gasteiger partial charge in [0, 0.05) is 6.04 Å². The molecule has 18 heavy (non-hydrogen) atoms. The van der Waals surface area contributed by atoms with Crippen LogP contribution in [0.2, 0.25) is 0 Å². The molecule has 0 heterocycles. The maximum absolute atomic E-state index is 12.2. The molecule has 5 nitrogen and oxygen atoms in total. The number of rotatable bonds is 4. The van der Waals surface area contributed by atoms with Crippen molar-refractivity contribution in [2.45, 2.75) is 53.0 Å². The van der Waals surface area contributed by atoms with Crippen molar-refractivity contribution >= 4 is 11.7 Å². The van der Waals surface area contributed by atoms with Crippen molar-refractivity contribution in [2.75, 3.05) is 0 Å². The van der Waals surface area contributed by atoms with Crippen LogP contribution < -0.4 is 11.1 Å². The molecule has 0 aromatic heterocycles. The summed E-state index contributed by atoms with van der Waals surface area (Å²) in [4.78, 5) is 12.2. The van der Waals surface area contributed by atoms with Gasteiger partial charge in [-0.25, -0.2) is 0 Å². The third kappa shape index (κ3) is 2.76. The quantitative estimate of drug-likeness (QED) is 0.309. The zero-order chi connectivity index (χ0) is 13.9. The lowest BCUT2D eigenvalue weighted by molar-refractivity contribution is -0.127. The van der Waals surface area contributed by atoms with Crippen molar-refractivity contribution < 1.29 is 10.0 Å². The van der Waals surface area contributed by atoms with Gasteiger partial charge in [-0.05, 0) is 38.5 Å². The van der Waals surface area contributed by atoms with Crippen LogP contribution in [0.25, 0.3) is 0 Å². The highest BCUT2D eigenvalue weighted by Crippen LogP contribution is 2.34. The van der Waals surface area contributed by atoms with E-state index in [4.69, 9.17) is 10.9 Å². The Morgan fingerprint density at radius 2 is 2.11 bits per heavy atom. The summed E-state index contributed by atoms with van der Waals surface area (Å²) >= 11 is 0. The van der Waals surface area contributed by atoms with E-state index < -0.39 is 5.41 Å². The summed E-state index contributed by atoms with van der Waals surface area (Å²) in [6.45, 7) is 7.69. The van der Waals surface area contributed by atoms with E-state index in [1.165, 1.54) is 0 Å². The largest absolute Gasteiger partial charge is 0.409 e. The Morgan fingerprint density at radius 1 is 1.50 bits per heavy atom. The molecule has 0 radical (unpaired) electrons.